The van der Waals surface area contributed by atoms with E-state index in [0.717, 1.165) is 18.9 Å². The van der Waals surface area contributed by atoms with Crippen LogP contribution in [-0.4, -0.2) is 23.3 Å². The quantitative estimate of drug-likeness (QED) is 0.571. The maximum absolute atomic E-state index is 12.5. The Bertz CT molecular complexity index is 372. The standard InChI is InChI=1S/C7H7F3N2OS/c1-13-4-3-11-6(14-2)12-5(4)7(8,9)10/h3H,1-2H3/i3D. The summed E-state index contributed by atoms with van der Waals surface area (Å²) in [5, 5.41) is -0.104. The highest BCUT2D eigenvalue weighted by Gasteiger charge is 2.37. The molecule has 0 aliphatic heterocycles. The topological polar surface area (TPSA) is 35.0 Å². The molecule has 0 aliphatic carbocycles. The molecule has 14 heavy (non-hydrogen) atoms. The Hall–Kier alpha value is -0.980. The molecule has 0 fully saturated rings. The largest absolute Gasteiger partial charge is 0.493 e. The van der Waals surface area contributed by atoms with Crippen LogP contribution in [0.2, 0.25) is 0 Å². The van der Waals surface area contributed by atoms with E-state index in [2.05, 4.69) is 14.7 Å². The minimum atomic E-state index is -4.64. The molecule has 1 heterocycles. The number of hydrogen-bond donors (Lipinski definition) is 0. The van der Waals surface area contributed by atoms with Gasteiger partial charge in [-0.1, -0.05) is 11.8 Å². The van der Waals surface area contributed by atoms with Crippen LogP contribution in [0.4, 0.5) is 13.2 Å². The number of nitrogens with zero attached hydrogens (tertiary/aromatic N) is 2. The van der Waals surface area contributed by atoms with Crippen LogP contribution >= 0.6 is 11.8 Å². The van der Waals surface area contributed by atoms with Crippen molar-refractivity contribution in [2.24, 2.45) is 0 Å². The van der Waals surface area contributed by atoms with E-state index in [9.17, 15) is 13.2 Å². The number of thioether (sulfide) groups is 1. The van der Waals surface area contributed by atoms with Crippen LogP contribution in [0.25, 0.3) is 0 Å². The Kier molecular flexibility index (Phi) is 2.76. The molecule has 1 aromatic rings. The van der Waals surface area contributed by atoms with Gasteiger partial charge in [0.25, 0.3) is 0 Å². The fourth-order valence-electron chi connectivity index (χ4n) is 0.749. The summed E-state index contributed by atoms with van der Waals surface area (Å²) in [6.07, 6.45) is -3.68. The van der Waals surface area contributed by atoms with Gasteiger partial charge in [0, 0.05) is 0 Å². The van der Waals surface area contributed by atoms with Crippen molar-refractivity contribution in [2.75, 3.05) is 13.4 Å². The van der Waals surface area contributed by atoms with Gasteiger partial charge in [0.05, 0.1) is 14.7 Å². The van der Waals surface area contributed by atoms with E-state index in [4.69, 9.17) is 1.37 Å². The molecule has 0 radical (unpaired) electrons. The van der Waals surface area contributed by atoms with Gasteiger partial charge in [-0.2, -0.15) is 13.2 Å². The highest BCUT2D eigenvalue weighted by molar-refractivity contribution is 7.98. The predicted octanol–water partition coefficient (Wildman–Crippen LogP) is 2.23. The number of ether oxygens (including phenoxy) is 1. The molecule has 0 atom stereocenters. The Morgan fingerprint density at radius 2 is 2.21 bits per heavy atom. The first-order valence-electron chi connectivity index (χ1n) is 3.94. The Balaban J connectivity index is 3.39. The number of aromatic nitrogens is 2. The number of methoxy groups -OCH3 is 1. The number of hydrogen-bond acceptors (Lipinski definition) is 4. The van der Waals surface area contributed by atoms with Gasteiger partial charge in [-0.05, 0) is 6.26 Å². The number of rotatable bonds is 2. The maximum Gasteiger partial charge on any atom is 0.437 e. The fourth-order valence-corrected chi connectivity index (χ4v) is 1.07. The van der Waals surface area contributed by atoms with Crippen molar-refractivity contribution >= 4 is 11.8 Å². The van der Waals surface area contributed by atoms with Crippen LogP contribution in [0.3, 0.4) is 0 Å². The fraction of sp³-hybridized carbons (Fsp3) is 0.429. The van der Waals surface area contributed by atoms with Crippen molar-refractivity contribution in [1.82, 2.24) is 9.97 Å². The molecule has 7 heteroatoms. The van der Waals surface area contributed by atoms with Crippen molar-refractivity contribution < 1.29 is 19.3 Å². The van der Waals surface area contributed by atoms with Crippen LogP contribution in [-0.2, 0) is 6.18 Å². The Labute approximate surface area is 84.1 Å². The van der Waals surface area contributed by atoms with E-state index >= 15 is 0 Å². The van der Waals surface area contributed by atoms with Crippen LogP contribution in [0.5, 0.6) is 5.75 Å². The molecule has 3 nitrogen and oxygen atoms in total. The summed E-state index contributed by atoms with van der Waals surface area (Å²) in [6.45, 7) is 0. The SMILES string of the molecule is [2H]c1nc(SC)nc(C(F)(F)F)c1OC. The summed E-state index contributed by atoms with van der Waals surface area (Å²) in [5.74, 6) is -0.653. The Morgan fingerprint density at radius 3 is 2.64 bits per heavy atom. The summed E-state index contributed by atoms with van der Waals surface area (Å²) < 4.78 is 49.1. The summed E-state index contributed by atoms with van der Waals surface area (Å²) in [7, 11) is 1.05. The third-order valence-electron chi connectivity index (χ3n) is 1.33. The van der Waals surface area contributed by atoms with Gasteiger partial charge in [-0.25, -0.2) is 9.97 Å². The second kappa shape index (κ2) is 4.04. The van der Waals surface area contributed by atoms with Gasteiger partial charge in [0.15, 0.2) is 16.6 Å². The van der Waals surface area contributed by atoms with Crippen molar-refractivity contribution in [3.8, 4) is 5.75 Å². The van der Waals surface area contributed by atoms with Gasteiger partial charge in [-0.15, -0.1) is 0 Å². The first kappa shape index (κ1) is 9.57. The molecule has 0 bridgehead atoms. The zero-order chi connectivity index (χ0) is 11.6. The molecule has 1 rings (SSSR count). The average Bonchev–Trinajstić information content (AvgIpc) is 2.15. The molecule has 0 spiro atoms. The van der Waals surface area contributed by atoms with Crippen molar-refractivity contribution in [3.63, 3.8) is 0 Å². The summed E-state index contributed by atoms with van der Waals surface area (Å²) in [6, 6.07) is 0. The maximum atomic E-state index is 12.5. The first-order valence-corrected chi connectivity index (χ1v) is 4.66. The van der Waals surface area contributed by atoms with Gasteiger partial charge in [0.1, 0.15) is 0 Å². The molecule has 0 aliphatic rings. The molecular formula is C7H7F3N2OS. The molecule has 0 saturated heterocycles. The lowest BCUT2D eigenvalue weighted by Crippen LogP contribution is -2.11. The highest BCUT2D eigenvalue weighted by Crippen LogP contribution is 2.34. The third kappa shape index (κ3) is 2.28. The van der Waals surface area contributed by atoms with E-state index in [1.165, 1.54) is 6.26 Å². The Morgan fingerprint density at radius 1 is 1.57 bits per heavy atom. The van der Waals surface area contributed by atoms with E-state index in [1.54, 1.807) is 0 Å². The molecule has 0 saturated carbocycles. The van der Waals surface area contributed by atoms with Gasteiger partial charge < -0.3 is 4.74 Å². The van der Waals surface area contributed by atoms with Gasteiger partial charge >= 0.3 is 6.18 Å². The lowest BCUT2D eigenvalue weighted by Gasteiger charge is -2.10. The van der Waals surface area contributed by atoms with E-state index in [1.807, 2.05) is 0 Å². The van der Waals surface area contributed by atoms with E-state index in [-0.39, 0.29) is 5.16 Å². The number of halogens is 3. The average molecular weight is 225 g/mol. The minimum absolute atomic E-state index is 0.104. The van der Waals surface area contributed by atoms with Gasteiger partial charge in [-0.3, -0.25) is 0 Å². The minimum Gasteiger partial charge on any atom is -0.493 e. The van der Waals surface area contributed by atoms with E-state index in [0.29, 0.717) is 0 Å². The lowest BCUT2D eigenvalue weighted by atomic mass is 10.4. The normalized spacial score (nSPS) is 12.5. The molecule has 0 N–H and O–H groups in total. The lowest BCUT2D eigenvalue weighted by molar-refractivity contribution is -0.142. The second-order valence-electron chi connectivity index (χ2n) is 2.20. The summed E-state index contributed by atoms with van der Waals surface area (Å²) >= 11 is 0.935. The van der Waals surface area contributed by atoms with Crippen molar-refractivity contribution in [3.05, 3.63) is 11.9 Å². The molecule has 0 aromatic carbocycles. The third-order valence-corrected chi connectivity index (χ3v) is 1.88. The zero-order valence-electron chi connectivity index (χ0n) is 8.34. The molecule has 0 amide bonds. The second-order valence-corrected chi connectivity index (χ2v) is 2.98. The molecule has 78 valence electrons. The summed E-state index contributed by atoms with van der Waals surface area (Å²) in [5.41, 5.74) is -1.21. The van der Waals surface area contributed by atoms with Crippen LogP contribution < -0.4 is 4.74 Å². The molecule has 1 aromatic heterocycles. The number of alkyl halides is 3. The highest BCUT2D eigenvalue weighted by atomic mass is 32.2. The van der Waals surface area contributed by atoms with Crippen molar-refractivity contribution in [2.45, 2.75) is 11.3 Å². The van der Waals surface area contributed by atoms with Crippen LogP contribution in [0, 0.1) is 0 Å². The zero-order valence-corrected chi connectivity index (χ0v) is 8.16. The van der Waals surface area contributed by atoms with E-state index < -0.39 is 23.8 Å². The predicted molar refractivity (Wildman–Crippen MR) is 45.4 cm³/mol. The molecular weight excluding hydrogens is 217 g/mol. The van der Waals surface area contributed by atoms with Crippen LogP contribution in [0.15, 0.2) is 11.3 Å². The summed E-state index contributed by atoms with van der Waals surface area (Å²) in [4.78, 5) is 6.81. The van der Waals surface area contributed by atoms with Crippen molar-refractivity contribution in [1.29, 1.82) is 0 Å². The first-order chi connectivity index (χ1) is 6.90. The molecule has 0 unspecified atom stereocenters. The monoisotopic (exact) mass is 225 g/mol. The smallest absolute Gasteiger partial charge is 0.437 e. The van der Waals surface area contributed by atoms with Crippen LogP contribution in [0.1, 0.15) is 7.06 Å². The van der Waals surface area contributed by atoms with Gasteiger partial charge in [0.2, 0.25) is 0 Å².